The van der Waals surface area contributed by atoms with Crippen molar-refractivity contribution in [1.29, 1.82) is 0 Å². The van der Waals surface area contributed by atoms with Crippen LogP contribution in [-0.2, 0) is 11.3 Å². The van der Waals surface area contributed by atoms with Gasteiger partial charge in [0.25, 0.3) is 0 Å². The molecule has 4 nitrogen and oxygen atoms in total. The van der Waals surface area contributed by atoms with Crippen LogP contribution < -0.4 is 5.32 Å². The average molecular weight is 280 g/mol. The van der Waals surface area contributed by atoms with E-state index in [9.17, 15) is 9.18 Å². The smallest absolute Gasteiger partial charge is 0.343 e. The first-order valence-corrected chi connectivity index (χ1v) is 6.44. The number of rotatable bonds is 4. The van der Waals surface area contributed by atoms with Gasteiger partial charge >= 0.3 is 5.97 Å². The second-order valence-corrected chi connectivity index (χ2v) is 4.70. The number of carbonyl (C=O) groups excluding carboxylic acids is 1. The fourth-order valence-corrected chi connectivity index (χ4v) is 2.32. The van der Waals surface area contributed by atoms with Gasteiger partial charge in [-0.15, -0.1) is 0 Å². The first-order chi connectivity index (χ1) is 9.11. The van der Waals surface area contributed by atoms with Gasteiger partial charge < -0.3 is 10.1 Å². The number of benzene rings is 1. The van der Waals surface area contributed by atoms with Gasteiger partial charge in [0.2, 0.25) is 0 Å². The van der Waals surface area contributed by atoms with Gasteiger partial charge in [0.05, 0.1) is 5.69 Å². The fourth-order valence-electron chi connectivity index (χ4n) is 1.58. The standard InChI is InChI=1S/C13H13FN2O2S/c1-8-11(12(15-2)19-16-8)13(17)18-7-9-3-5-10(14)6-4-9/h3-6,15H,7H2,1-2H3. The van der Waals surface area contributed by atoms with Crippen molar-refractivity contribution in [3.05, 3.63) is 46.9 Å². The minimum absolute atomic E-state index is 0.109. The van der Waals surface area contributed by atoms with Crippen molar-refractivity contribution in [2.45, 2.75) is 13.5 Å². The number of anilines is 1. The topological polar surface area (TPSA) is 51.2 Å². The summed E-state index contributed by atoms with van der Waals surface area (Å²) in [4.78, 5) is 12.0. The molecule has 6 heteroatoms. The number of aromatic nitrogens is 1. The van der Waals surface area contributed by atoms with Gasteiger partial charge in [-0.05, 0) is 36.2 Å². The Kier molecular flexibility index (Phi) is 4.11. The van der Waals surface area contributed by atoms with E-state index in [4.69, 9.17) is 4.74 Å². The van der Waals surface area contributed by atoms with Gasteiger partial charge in [-0.3, -0.25) is 0 Å². The number of aryl methyl sites for hydroxylation is 1. The van der Waals surface area contributed by atoms with Crippen molar-refractivity contribution in [3.8, 4) is 0 Å². The van der Waals surface area contributed by atoms with Crippen LogP contribution in [0.2, 0.25) is 0 Å². The van der Waals surface area contributed by atoms with E-state index in [2.05, 4.69) is 9.69 Å². The second kappa shape index (κ2) is 5.79. The number of carbonyl (C=O) groups is 1. The Morgan fingerprint density at radius 3 is 2.74 bits per heavy atom. The monoisotopic (exact) mass is 280 g/mol. The molecule has 19 heavy (non-hydrogen) atoms. The molecular formula is C13H13FN2O2S. The van der Waals surface area contributed by atoms with Crippen molar-refractivity contribution in [3.63, 3.8) is 0 Å². The zero-order valence-corrected chi connectivity index (χ0v) is 11.4. The Labute approximate surface area is 114 Å². The lowest BCUT2D eigenvalue weighted by Gasteiger charge is -2.06. The van der Waals surface area contributed by atoms with E-state index in [0.717, 1.165) is 5.56 Å². The molecule has 1 N–H and O–H groups in total. The summed E-state index contributed by atoms with van der Waals surface area (Å²) in [7, 11) is 1.73. The summed E-state index contributed by atoms with van der Waals surface area (Å²) < 4.78 is 22.0. The van der Waals surface area contributed by atoms with Gasteiger partial charge in [-0.25, -0.2) is 9.18 Å². The number of nitrogens with one attached hydrogen (secondary N) is 1. The van der Waals surface area contributed by atoms with Crippen molar-refractivity contribution in [2.24, 2.45) is 0 Å². The zero-order valence-electron chi connectivity index (χ0n) is 10.6. The number of hydrogen-bond acceptors (Lipinski definition) is 5. The molecule has 1 aromatic carbocycles. The molecular weight excluding hydrogens is 267 g/mol. The third-order valence-electron chi connectivity index (χ3n) is 2.58. The molecule has 100 valence electrons. The molecule has 0 bridgehead atoms. The van der Waals surface area contributed by atoms with Gasteiger partial charge in [-0.2, -0.15) is 4.37 Å². The van der Waals surface area contributed by atoms with Gasteiger partial charge in [0.1, 0.15) is 23.0 Å². The first-order valence-electron chi connectivity index (χ1n) is 5.67. The highest BCUT2D eigenvalue weighted by Gasteiger charge is 2.19. The number of esters is 1. The maximum absolute atomic E-state index is 12.7. The maximum atomic E-state index is 12.7. The molecule has 0 unspecified atom stereocenters. The zero-order chi connectivity index (χ0) is 13.8. The normalized spacial score (nSPS) is 10.3. The van der Waals surface area contributed by atoms with Crippen molar-refractivity contribution in [1.82, 2.24) is 4.37 Å². The van der Waals surface area contributed by atoms with E-state index in [1.165, 1.54) is 23.7 Å². The summed E-state index contributed by atoms with van der Waals surface area (Å²) >= 11 is 1.22. The number of halogens is 1. The molecule has 0 aliphatic heterocycles. The Bertz CT molecular complexity index is 581. The predicted molar refractivity (Wildman–Crippen MR) is 71.9 cm³/mol. The van der Waals surface area contributed by atoms with Crippen molar-refractivity contribution < 1.29 is 13.9 Å². The highest BCUT2D eigenvalue weighted by Crippen LogP contribution is 2.24. The van der Waals surface area contributed by atoms with Crippen LogP contribution in [0.3, 0.4) is 0 Å². The molecule has 0 aliphatic rings. The molecule has 2 aromatic rings. The molecule has 0 fully saturated rings. The Morgan fingerprint density at radius 1 is 1.42 bits per heavy atom. The van der Waals surface area contributed by atoms with E-state index in [1.54, 1.807) is 26.1 Å². The largest absolute Gasteiger partial charge is 0.457 e. The minimum Gasteiger partial charge on any atom is -0.457 e. The van der Waals surface area contributed by atoms with E-state index in [1.807, 2.05) is 0 Å². The highest BCUT2D eigenvalue weighted by atomic mass is 32.1. The maximum Gasteiger partial charge on any atom is 0.343 e. The SMILES string of the molecule is CNc1snc(C)c1C(=O)OCc1ccc(F)cc1. The molecule has 0 saturated carbocycles. The number of hydrogen-bond donors (Lipinski definition) is 1. The lowest BCUT2D eigenvalue weighted by molar-refractivity contribution is 0.0473. The predicted octanol–water partition coefficient (Wildman–Crippen LogP) is 2.99. The van der Waals surface area contributed by atoms with Crippen LogP contribution in [0.1, 0.15) is 21.6 Å². The molecule has 1 heterocycles. The molecule has 0 amide bonds. The van der Waals surface area contributed by atoms with E-state index >= 15 is 0 Å². The first kappa shape index (κ1) is 13.5. The summed E-state index contributed by atoms with van der Waals surface area (Å²) in [5.41, 5.74) is 1.83. The van der Waals surface area contributed by atoms with Crippen LogP contribution in [0.25, 0.3) is 0 Å². The quantitative estimate of drug-likeness (QED) is 0.875. The average Bonchev–Trinajstić information content (AvgIpc) is 2.79. The molecule has 1 aromatic heterocycles. The lowest BCUT2D eigenvalue weighted by Crippen LogP contribution is -2.08. The summed E-state index contributed by atoms with van der Waals surface area (Å²) in [6.45, 7) is 1.86. The van der Waals surface area contributed by atoms with Crippen molar-refractivity contribution in [2.75, 3.05) is 12.4 Å². The lowest BCUT2D eigenvalue weighted by atomic mass is 10.2. The van der Waals surface area contributed by atoms with Gasteiger partial charge in [-0.1, -0.05) is 12.1 Å². The van der Waals surface area contributed by atoms with E-state index < -0.39 is 5.97 Å². The van der Waals surface area contributed by atoms with Crippen LogP contribution in [0.15, 0.2) is 24.3 Å². The Morgan fingerprint density at radius 2 is 2.11 bits per heavy atom. The van der Waals surface area contributed by atoms with Crippen LogP contribution in [0.5, 0.6) is 0 Å². The number of ether oxygens (including phenoxy) is 1. The van der Waals surface area contributed by atoms with Crippen LogP contribution in [-0.4, -0.2) is 17.4 Å². The third kappa shape index (κ3) is 3.08. The number of nitrogens with zero attached hydrogens (tertiary/aromatic N) is 1. The second-order valence-electron chi connectivity index (χ2n) is 3.92. The Hall–Kier alpha value is -1.95. The van der Waals surface area contributed by atoms with Gasteiger partial charge in [0, 0.05) is 7.05 Å². The molecule has 0 spiro atoms. The van der Waals surface area contributed by atoms with E-state index in [-0.39, 0.29) is 12.4 Å². The summed E-state index contributed by atoms with van der Waals surface area (Å²) in [5.74, 6) is -0.745. The van der Waals surface area contributed by atoms with Crippen LogP contribution >= 0.6 is 11.5 Å². The summed E-state index contributed by atoms with van der Waals surface area (Å²) in [6, 6.07) is 5.83. The van der Waals surface area contributed by atoms with Gasteiger partial charge in [0.15, 0.2) is 0 Å². The van der Waals surface area contributed by atoms with Crippen molar-refractivity contribution >= 4 is 22.5 Å². The summed E-state index contributed by atoms with van der Waals surface area (Å²) in [6.07, 6.45) is 0. The Balaban J connectivity index is 2.05. The minimum atomic E-state index is -0.431. The molecule has 0 radical (unpaired) electrons. The van der Waals surface area contributed by atoms with Crippen LogP contribution in [0, 0.1) is 12.7 Å². The third-order valence-corrected chi connectivity index (χ3v) is 3.53. The van der Waals surface area contributed by atoms with E-state index in [0.29, 0.717) is 16.3 Å². The molecule has 0 saturated heterocycles. The fraction of sp³-hybridized carbons (Fsp3) is 0.231. The molecule has 0 aliphatic carbocycles. The summed E-state index contributed by atoms with van der Waals surface area (Å²) in [5, 5.41) is 3.59. The highest BCUT2D eigenvalue weighted by molar-refractivity contribution is 7.10. The molecule has 0 atom stereocenters. The van der Waals surface area contributed by atoms with Crippen LogP contribution in [0.4, 0.5) is 9.39 Å². The molecule has 2 rings (SSSR count).